The van der Waals surface area contributed by atoms with E-state index >= 15 is 0 Å². The number of hydrogen-bond acceptors (Lipinski definition) is 6. The van der Waals surface area contributed by atoms with Crippen LogP contribution in [0, 0.1) is 0 Å². The highest BCUT2D eigenvalue weighted by Crippen LogP contribution is 2.53. The standard InChI is InChI=1S/C50H30BN3OS2/c1-3-14-31(15-4-1)52-33-26-28-36-41(30-33)54(38-20-9-12-25-45(38)56-44-24-11-8-19-37(44)52)40-22-13-21-39-47(40)51(36)50-48(53(39)32-16-5-2-6-17-32)35-27-29-43-46(49(35)57-50)34-18-7-10-23-42(34)55-43/h1-30H. The van der Waals surface area contributed by atoms with Crippen molar-refractivity contribution in [3.63, 3.8) is 0 Å². The Balaban J connectivity index is 1.16. The van der Waals surface area contributed by atoms with E-state index < -0.39 is 0 Å². The van der Waals surface area contributed by atoms with Crippen molar-refractivity contribution in [2.24, 2.45) is 0 Å². The van der Waals surface area contributed by atoms with Crippen LogP contribution >= 0.6 is 23.1 Å². The number of rotatable bonds is 2. The summed E-state index contributed by atoms with van der Waals surface area (Å²) in [6, 6.07) is 66.4. The monoisotopic (exact) mass is 763 g/mol. The molecule has 0 saturated carbocycles. The predicted molar refractivity (Wildman–Crippen MR) is 242 cm³/mol. The fraction of sp³-hybridized carbons (Fsp3) is 0. The van der Waals surface area contributed by atoms with E-state index in [-0.39, 0.29) is 6.71 Å². The minimum Gasteiger partial charge on any atom is -0.456 e. The Morgan fingerprint density at radius 3 is 1.84 bits per heavy atom. The summed E-state index contributed by atoms with van der Waals surface area (Å²) in [6.45, 7) is 0.0114. The lowest BCUT2D eigenvalue weighted by Crippen LogP contribution is -2.60. The first-order chi connectivity index (χ1) is 28.3. The number of anilines is 9. The van der Waals surface area contributed by atoms with E-state index in [1.807, 2.05) is 23.1 Å². The largest absolute Gasteiger partial charge is 0.456 e. The van der Waals surface area contributed by atoms with E-state index in [1.54, 1.807) is 0 Å². The maximum absolute atomic E-state index is 6.47. The van der Waals surface area contributed by atoms with Crippen LogP contribution in [0.15, 0.2) is 196 Å². The minimum absolute atomic E-state index is 0.0114. The van der Waals surface area contributed by atoms with Gasteiger partial charge < -0.3 is 19.1 Å². The van der Waals surface area contributed by atoms with Crippen LogP contribution in [-0.4, -0.2) is 6.71 Å². The second-order valence-corrected chi connectivity index (χ2v) is 17.0. The molecule has 266 valence electrons. The fourth-order valence-electron chi connectivity index (χ4n) is 9.49. The summed E-state index contributed by atoms with van der Waals surface area (Å²) in [4.78, 5) is 9.89. The lowest BCUT2D eigenvalue weighted by Gasteiger charge is -2.44. The maximum Gasteiger partial charge on any atom is 0.264 e. The Morgan fingerprint density at radius 1 is 0.439 bits per heavy atom. The zero-order valence-corrected chi connectivity index (χ0v) is 32.1. The van der Waals surface area contributed by atoms with Gasteiger partial charge in [0.25, 0.3) is 6.71 Å². The van der Waals surface area contributed by atoms with Gasteiger partial charge in [-0.2, -0.15) is 0 Å². The number of benzene rings is 8. The molecule has 2 bridgehead atoms. The highest BCUT2D eigenvalue weighted by molar-refractivity contribution is 7.99. The van der Waals surface area contributed by atoms with Gasteiger partial charge in [0.05, 0.1) is 17.1 Å². The second kappa shape index (κ2) is 11.9. The van der Waals surface area contributed by atoms with Gasteiger partial charge in [-0.1, -0.05) is 103 Å². The van der Waals surface area contributed by atoms with Gasteiger partial charge in [-0.3, -0.25) is 0 Å². The van der Waals surface area contributed by atoms with Crippen LogP contribution in [0.3, 0.4) is 0 Å². The Labute approximate surface area is 337 Å². The van der Waals surface area contributed by atoms with Gasteiger partial charge in [-0.25, -0.2) is 0 Å². The number of furan rings is 1. The molecule has 0 unspecified atom stereocenters. The van der Waals surface area contributed by atoms with Crippen molar-refractivity contribution in [2.75, 3.05) is 14.7 Å². The van der Waals surface area contributed by atoms with Gasteiger partial charge in [0, 0.05) is 69.6 Å². The number of para-hydroxylation sites is 5. The third-order valence-corrected chi connectivity index (χ3v) is 14.2. The number of hydrogen-bond donors (Lipinski definition) is 0. The van der Waals surface area contributed by atoms with Crippen LogP contribution in [-0.2, 0) is 0 Å². The van der Waals surface area contributed by atoms with Crippen molar-refractivity contribution < 1.29 is 4.42 Å². The SMILES string of the molecule is c1ccc(N2c3ccc4c(c3)N(c3ccccc3Sc3ccccc32)c2cccc3c2B4c2sc4c(ccc5oc6ccccc6c54)c2N3c2ccccc2)cc1. The third kappa shape index (κ3) is 4.41. The number of fused-ring (bicyclic) bond motifs is 14. The molecule has 0 atom stereocenters. The molecule has 10 aromatic rings. The van der Waals surface area contributed by atoms with E-state index in [0.717, 1.165) is 39.3 Å². The Kier molecular flexibility index (Phi) is 6.59. The Hall–Kier alpha value is -6.67. The molecule has 57 heavy (non-hydrogen) atoms. The maximum atomic E-state index is 6.47. The van der Waals surface area contributed by atoms with E-state index in [2.05, 4.69) is 197 Å². The van der Waals surface area contributed by atoms with Crippen LogP contribution in [0.2, 0.25) is 0 Å². The van der Waals surface area contributed by atoms with Crippen molar-refractivity contribution in [1.82, 2.24) is 0 Å². The van der Waals surface area contributed by atoms with Crippen molar-refractivity contribution in [3.05, 3.63) is 182 Å². The Morgan fingerprint density at radius 2 is 1.07 bits per heavy atom. The van der Waals surface area contributed by atoms with Crippen molar-refractivity contribution >= 4 is 129 Å². The zero-order chi connectivity index (χ0) is 37.2. The normalized spacial score (nSPS) is 13.8. The molecular weight excluding hydrogens is 734 g/mol. The topological polar surface area (TPSA) is 22.9 Å². The van der Waals surface area contributed by atoms with Gasteiger partial charge in [-0.15, -0.1) is 11.3 Å². The molecule has 0 amide bonds. The van der Waals surface area contributed by atoms with Crippen molar-refractivity contribution in [3.8, 4) is 0 Å². The average Bonchev–Trinajstić information content (AvgIpc) is 3.84. The van der Waals surface area contributed by atoms with Crippen LogP contribution in [0.25, 0.3) is 32.0 Å². The summed E-state index contributed by atoms with van der Waals surface area (Å²) in [7, 11) is 0. The van der Waals surface area contributed by atoms with Crippen molar-refractivity contribution in [2.45, 2.75) is 9.79 Å². The summed E-state index contributed by atoms with van der Waals surface area (Å²) in [5.74, 6) is 0. The van der Waals surface area contributed by atoms with Gasteiger partial charge in [0.1, 0.15) is 11.2 Å². The van der Waals surface area contributed by atoms with Crippen LogP contribution in [0.5, 0.6) is 0 Å². The molecule has 8 aromatic carbocycles. The highest BCUT2D eigenvalue weighted by Gasteiger charge is 2.46. The molecule has 3 aliphatic heterocycles. The quantitative estimate of drug-likeness (QED) is 0.163. The molecule has 0 fully saturated rings. The first kappa shape index (κ1) is 31.5. The van der Waals surface area contributed by atoms with Gasteiger partial charge in [0.2, 0.25) is 0 Å². The minimum atomic E-state index is 0.0114. The molecular formula is C50H30BN3OS2. The molecule has 0 saturated heterocycles. The molecule has 5 heterocycles. The number of nitrogens with zero attached hydrogens (tertiary/aromatic N) is 3. The Bertz CT molecular complexity index is 3270. The average molecular weight is 764 g/mol. The molecule has 4 nitrogen and oxygen atoms in total. The van der Waals surface area contributed by atoms with E-state index in [4.69, 9.17) is 4.42 Å². The predicted octanol–water partition coefficient (Wildman–Crippen LogP) is 12.8. The molecule has 3 aliphatic rings. The molecule has 2 aromatic heterocycles. The highest BCUT2D eigenvalue weighted by atomic mass is 32.2. The summed E-state index contributed by atoms with van der Waals surface area (Å²) in [5, 5.41) is 3.60. The zero-order valence-electron chi connectivity index (χ0n) is 30.5. The van der Waals surface area contributed by atoms with Crippen LogP contribution < -0.4 is 30.4 Å². The molecule has 0 N–H and O–H groups in total. The molecule has 13 rings (SSSR count). The lowest BCUT2D eigenvalue weighted by molar-refractivity contribution is 0.669. The summed E-state index contributed by atoms with van der Waals surface area (Å²) in [6.07, 6.45) is 0. The van der Waals surface area contributed by atoms with Gasteiger partial charge in [-0.05, 0) is 102 Å². The second-order valence-electron chi connectivity index (χ2n) is 14.8. The van der Waals surface area contributed by atoms with Crippen LogP contribution in [0.4, 0.5) is 51.2 Å². The third-order valence-electron chi connectivity index (χ3n) is 11.8. The summed E-state index contributed by atoms with van der Waals surface area (Å²) >= 11 is 3.77. The van der Waals surface area contributed by atoms with Gasteiger partial charge in [0.15, 0.2) is 0 Å². The summed E-state index contributed by atoms with van der Waals surface area (Å²) < 4.78 is 9.09. The van der Waals surface area contributed by atoms with E-state index in [1.165, 1.54) is 69.4 Å². The van der Waals surface area contributed by atoms with Gasteiger partial charge >= 0.3 is 0 Å². The number of thiophene rings is 1. The van der Waals surface area contributed by atoms with E-state index in [9.17, 15) is 0 Å². The molecule has 0 spiro atoms. The lowest BCUT2D eigenvalue weighted by atomic mass is 9.36. The molecule has 0 radical (unpaired) electrons. The first-order valence-electron chi connectivity index (χ1n) is 19.3. The van der Waals surface area contributed by atoms with Crippen LogP contribution in [0.1, 0.15) is 0 Å². The molecule has 0 aliphatic carbocycles. The van der Waals surface area contributed by atoms with E-state index in [0.29, 0.717) is 0 Å². The summed E-state index contributed by atoms with van der Waals surface area (Å²) in [5.41, 5.74) is 15.1. The first-order valence-corrected chi connectivity index (χ1v) is 20.9. The van der Waals surface area contributed by atoms with Crippen molar-refractivity contribution in [1.29, 1.82) is 0 Å². The fourth-order valence-corrected chi connectivity index (χ4v) is 12.0. The smallest absolute Gasteiger partial charge is 0.264 e. The molecule has 7 heteroatoms.